The van der Waals surface area contributed by atoms with Crippen molar-refractivity contribution in [1.29, 1.82) is 0 Å². The number of hydrogen-bond acceptors (Lipinski definition) is 3. The molecule has 0 heterocycles. The van der Waals surface area contributed by atoms with Gasteiger partial charge in [0.25, 0.3) is 0 Å². The van der Waals surface area contributed by atoms with Crippen molar-refractivity contribution in [1.82, 2.24) is 4.72 Å². The highest BCUT2D eigenvalue weighted by atomic mass is 32.2. The minimum absolute atomic E-state index is 0.0510. The maximum Gasteiger partial charge on any atom is 0.241 e. The molecular formula is C16H16FNO3S. The Hall–Kier alpha value is -1.92. The van der Waals surface area contributed by atoms with Gasteiger partial charge in [-0.05, 0) is 43.2 Å². The average molecular weight is 321 g/mol. The fourth-order valence-corrected chi connectivity index (χ4v) is 3.96. The van der Waals surface area contributed by atoms with E-state index in [1.54, 1.807) is 7.11 Å². The highest BCUT2D eigenvalue weighted by molar-refractivity contribution is 7.89. The van der Waals surface area contributed by atoms with E-state index >= 15 is 0 Å². The molecule has 0 aliphatic heterocycles. The third-order valence-corrected chi connectivity index (χ3v) is 5.38. The Bertz CT molecular complexity index is 783. The molecule has 1 fully saturated rings. The van der Waals surface area contributed by atoms with Crippen molar-refractivity contribution in [3.63, 3.8) is 0 Å². The number of ether oxygens (including phenoxy) is 1. The summed E-state index contributed by atoms with van der Waals surface area (Å²) in [6, 6.07) is 12.2. The maximum absolute atomic E-state index is 13.0. The zero-order valence-electron chi connectivity index (χ0n) is 12.0. The van der Waals surface area contributed by atoms with Crippen LogP contribution in [0.15, 0.2) is 53.4 Å². The van der Waals surface area contributed by atoms with Gasteiger partial charge in [0.1, 0.15) is 11.6 Å². The molecule has 0 bridgehead atoms. The summed E-state index contributed by atoms with van der Waals surface area (Å²) >= 11 is 0. The minimum Gasteiger partial charge on any atom is -0.496 e. The first-order valence-corrected chi connectivity index (χ1v) is 8.38. The van der Waals surface area contributed by atoms with Crippen LogP contribution in [0.4, 0.5) is 4.39 Å². The van der Waals surface area contributed by atoms with Gasteiger partial charge in [-0.2, -0.15) is 0 Å². The van der Waals surface area contributed by atoms with Crippen LogP contribution in [0.3, 0.4) is 0 Å². The van der Waals surface area contributed by atoms with Gasteiger partial charge in [-0.25, -0.2) is 17.5 Å². The number of rotatable bonds is 5. The molecule has 2 aromatic rings. The van der Waals surface area contributed by atoms with E-state index in [9.17, 15) is 12.8 Å². The second-order valence-electron chi connectivity index (χ2n) is 5.34. The second-order valence-corrected chi connectivity index (χ2v) is 7.02. The number of para-hydroxylation sites is 1. The van der Waals surface area contributed by atoms with E-state index in [1.165, 1.54) is 12.1 Å². The molecular weight excluding hydrogens is 305 g/mol. The molecule has 1 N–H and O–H groups in total. The van der Waals surface area contributed by atoms with E-state index in [0.717, 1.165) is 17.7 Å². The summed E-state index contributed by atoms with van der Waals surface area (Å²) in [4.78, 5) is 0.0510. The van der Waals surface area contributed by atoms with Crippen molar-refractivity contribution >= 4 is 10.0 Å². The van der Waals surface area contributed by atoms with Crippen LogP contribution in [0.25, 0.3) is 0 Å². The van der Waals surface area contributed by atoms with E-state index in [4.69, 9.17) is 4.74 Å². The van der Waals surface area contributed by atoms with Crippen LogP contribution in [0.1, 0.15) is 18.4 Å². The molecule has 2 aromatic carbocycles. The van der Waals surface area contributed by atoms with Crippen molar-refractivity contribution < 1.29 is 17.5 Å². The van der Waals surface area contributed by atoms with Gasteiger partial charge in [-0.3, -0.25) is 0 Å². The van der Waals surface area contributed by atoms with Crippen molar-refractivity contribution in [2.24, 2.45) is 0 Å². The second kappa shape index (κ2) is 5.37. The van der Waals surface area contributed by atoms with Crippen LogP contribution in [0.2, 0.25) is 0 Å². The first-order chi connectivity index (χ1) is 10.5. The first-order valence-electron chi connectivity index (χ1n) is 6.90. The van der Waals surface area contributed by atoms with E-state index < -0.39 is 21.4 Å². The van der Waals surface area contributed by atoms with Crippen LogP contribution in [-0.4, -0.2) is 15.5 Å². The smallest absolute Gasteiger partial charge is 0.241 e. The monoisotopic (exact) mass is 321 g/mol. The third-order valence-electron chi connectivity index (χ3n) is 3.83. The summed E-state index contributed by atoms with van der Waals surface area (Å²) in [7, 11) is -2.16. The molecule has 4 nitrogen and oxygen atoms in total. The van der Waals surface area contributed by atoms with Crippen LogP contribution in [-0.2, 0) is 15.6 Å². The molecule has 0 atom stereocenters. The predicted octanol–water partition coefficient (Wildman–Crippen LogP) is 2.80. The summed E-state index contributed by atoms with van der Waals surface area (Å²) in [6.07, 6.45) is 1.40. The lowest BCUT2D eigenvalue weighted by atomic mass is 10.1. The van der Waals surface area contributed by atoms with Crippen LogP contribution < -0.4 is 9.46 Å². The summed E-state index contributed by atoms with van der Waals surface area (Å²) in [5, 5.41) is 0. The van der Waals surface area contributed by atoms with Gasteiger partial charge in [0.05, 0.1) is 17.5 Å². The highest BCUT2D eigenvalue weighted by Crippen LogP contribution is 2.49. The Labute approximate surface area is 129 Å². The quantitative estimate of drug-likeness (QED) is 0.921. The predicted molar refractivity (Wildman–Crippen MR) is 80.6 cm³/mol. The SMILES string of the molecule is COc1ccccc1C1(NS(=O)(=O)c2ccc(F)cc2)CC1. The molecule has 1 saturated carbocycles. The zero-order chi connectivity index (χ0) is 15.8. The third kappa shape index (κ3) is 2.71. The molecule has 0 spiro atoms. The van der Waals surface area contributed by atoms with E-state index in [2.05, 4.69) is 4.72 Å². The lowest BCUT2D eigenvalue weighted by Crippen LogP contribution is -2.35. The van der Waals surface area contributed by atoms with Crippen molar-refractivity contribution in [2.45, 2.75) is 23.3 Å². The fourth-order valence-electron chi connectivity index (χ4n) is 2.52. The summed E-state index contributed by atoms with van der Waals surface area (Å²) < 4.78 is 46.0. The summed E-state index contributed by atoms with van der Waals surface area (Å²) in [6.45, 7) is 0. The van der Waals surface area contributed by atoms with Crippen LogP contribution in [0, 0.1) is 5.82 Å². The van der Waals surface area contributed by atoms with Gasteiger partial charge in [0.15, 0.2) is 0 Å². The lowest BCUT2D eigenvalue weighted by molar-refractivity contribution is 0.401. The zero-order valence-corrected chi connectivity index (χ0v) is 12.9. The van der Waals surface area contributed by atoms with Gasteiger partial charge in [-0.1, -0.05) is 18.2 Å². The number of nitrogens with one attached hydrogen (secondary N) is 1. The molecule has 116 valence electrons. The molecule has 0 saturated heterocycles. The van der Waals surface area contributed by atoms with Gasteiger partial charge in [-0.15, -0.1) is 0 Å². The lowest BCUT2D eigenvalue weighted by Gasteiger charge is -2.20. The Morgan fingerprint density at radius 2 is 1.73 bits per heavy atom. The Morgan fingerprint density at radius 1 is 1.09 bits per heavy atom. The van der Waals surface area contributed by atoms with E-state index in [-0.39, 0.29) is 4.90 Å². The van der Waals surface area contributed by atoms with Crippen LogP contribution >= 0.6 is 0 Å². The number of benzene rings is 2. The van der Waals surface area contributed by atoms with Gasteiger partial charge in [0.2, 0.25) is 10.0 Å². The molecule has 6 heteroatoms. The number of halogens is 1. The van der Waals surface area contributed by atoms with Gasteiger partial charge in [0, 0.05) is 5.56 Å². The first kappa shape index (κ1) is 15.0. The Morgan fingerprint density at radius 3 is 2.32 bits per heavy atom. The largest absolute Gasteiger partial charge is 0.496 e. The number of methoxy groups -OCH3 is 1. The van der Waals surface area contributed by atoms with Crippen molar-refractivity contribution in [3.05, 3.63) is 59.9 Å². The topological polar surface area (TPSA) is 55.4 Å². The minimum atomic E-state index is -3.72. The van der Waals surface area contributed by atoms with Crippen molar-refractivity contribution in [2.75, 3.05) is 7.11 Å². The molecule has 0 unspecified atom stereocenters. The molecule has 0 aromatic heterocycles. The Balaban J connectivity index is 1.93. The van der Waals surface area contributed by atoms with Crippen LogP contribution in [0.5, 0.6) is 5.75 Å². The average Bonchev–Trinajstić information content (AvgIpc) is 3.27. The molecule has 0 amide bonds. The molecule has 0 radical (unpaired) electrons. The van der Waals surface area contributed by atoms with Gasteiger partial charge >= 0.3 is 0 Å². The molecule has 22 heavy (non-hydrogen) atoms. The normalized spacial score (nSPS) is 16.3. The standard InChI is InChI=1S/C16H16FNO3S/c1-21-15-5-3-2-4-14(15)16(10-11-16)18-22(19,20)13-8-6-12(17)7-9-13/h2-9,18H,10-11H2,1H3. The molecule has 1 aliphatic carbocycles. The molecule has 3 rings (SSSR count). The maximum atomic E-state index is 13.0. The summed E-state index contributed by atoms with van der Waals surface area (Å²) in [5.41, 5.74) is 0.183. The van der Waals surface area contributed by atoms with E-state index in [1.807, 2.05) is 24.3 Å². The Kier molecular flexibility index (Phi) is 3.66. The van der Waals surface area contributed by atoms with Gasteiger partial charge < -0.3 is 4.74 Å². The van der Waals surface area contributed by atoms with E-state index in [0.29, 0.717) is 18.6 Å². The highest BCUT2D eigenvalue weighted by Gasteiger charge is 2.49. The fraction of sp³-hybridized carbons (Fsp3) is 0.250. The number of sulfonamides is 1. The summed E-state index contributed by atoms with van der Waals surface area (Å²) in [5.74, 6) is 0.187. The molecule has 1 aliphatic rings. The number of hydrogen-bond donors (Lipinski definition) is 1. The van der Waals surface area contributed by atoms with Crippen molar-refractivity contribution in [3.8, 4) is 5.75 Å².